The minimum Gasteiger partial charge on any atom is -0.478 e. The van der Waals surface area contributed by atoms with Crippen LogP contribution >= 0.6 is 12.4 Å². The molecule has 0 heterocycles. The van der Waals surface area contributed by atoms with Crippen LogP contribution in [0.3, 0.4) is 0 Å². The average molecular weight is 288 g/mol. The third kappa shape index (κ3) is 5.59. The fourth-order valence-electron chi connectivity index (χ4n) is 1.75. The van der Waals surface area contributed by atoms with Crippen molar-refractivity contribution >= 4 is 18.4 Å². The summed E-state index contributed by atoms with van der Waals surface area (Å²) in [6, 6.07) is 5.87. The van der Waals surface area contributed by atoms with Crippen LogP contribution in [0.15, 0.2) is 24.3 Å². The van der Waals surface area contributed by atoms with E-state index in [9.17, 15) is 9.90 Å². The summed E-state index contributed by atoms with van der Waals surface area (Å²) in [5.41, 5.74) is 6.94. The second kappa shape index (κ2) is 8.15. The van der Waals surface area contributed by atoms with Gasteiger partial charge in [-0.1, -0.05) is 26.0 Å². The average Bonchev–Trinajstić information content (AvgIpc) is 2.35. The number of benzene rings is 1. The van der Waals surface area contributed by atoms with Gasteiger partial charge in [0.15, 0.2) is 0 Å². The molecule has 0 saturated heterocycles. The largest absolute Gasteiger partial charge is 0.478 e. The van der Waals surface area contributed by atoms with Crippen molar-refractivity contribution in [3.05, 3.63) is 35.4 Å². The first-order valence-electron chi connectivity index (χ1n) is 6.18. The van der Waals surface area contributed by atoms with Gasteiger partial charge in [-0.25, -0.2) is 4.79 Å². The SMILES string of the molecule is CC(C)CC[C@@H](O)[C@@H](N)c1ccc(C(=O)O)cc1.Cl. The van der Waals surface area contributed by atoms with Crippen LogP contribution in [0.1, 0.15) is 48.7 Å². The van der Waals surface area contributed by atoms with Crippen molar-refractivity contribution in [1.29, 1.82) is 0 Å². The van der Waals surface area contributed by atoms with Crippen molar-refractivity contribution in [2.75, 3.05) is 0 Å². The summed E-state index contributed by atoms with van der Waals surface area (Å²) < 4.78 is 0. The monoisotopic (exact) mass is 287 g/mol. The quantitative estimate of drug-likeness (QED) is 0.751. The number of aliphatic hydroxyl groups is 1. The first-order chi connectivity index (χ1) is 8.41. The Morgan fingerprint density at radius 1 is 1.21 bits per heavy atom. The van der Waals surface area contributed by atoms with E-state index in [1.165, 1.54) is 12.1 Å². The van der Waals surface area contributed by atoms with E-state index < -0.39 is 18.1 Å². The number of aliphatic hydroxyl groups excluding tert-OH is 1. The van der Waals surface area contributed by atoms with Gasteiger partial charge in [0.25, 0.3) is 0 Å². The predicted molar refractivity (Wildman–Crippen MR) is 77.7 cm³/mol. The van der Waals surface area contributed by atoms with Crippen LogP contribution in [0.25, 0.3) is 0 Å². The number of hydrogen-bond acceptors (Lipinski definition) is 3. The minimum absolute atomic E-state index is 0. The fraction of sp³-hybridized carbons (Fsp3) is 0.500. The normalized spacial score (nSPS) is 13.7. The topological polar surface area (TPSA) is 83.5 Å². The summed E-state index contributed by atoms with van der Waals surface area (Å²) in [4.78, 5) is 10.7. The lowest BCUT2D eigenvalue weighted by Gasteiger charge is -2.20. The smallest absolute Gasteiger partial charge is 0.335 e. The van der Waals surface area contributed by atoms with Crippen LogP contribution < -0.4 is 5.73 Å². The molecule has 2 atom stereocenters. The van der Waals surface area contributed by atoms with Crippen LogP contribution in [0.4, 0.5) is 0 Å². The number of nitrogens with two attached hydrogens (primary N) is 1. The second-order valence-corrected chi connectivity index (χ2v) is 4.99. The second-order valence-electron chi connectivity index (χ2n) is 4.99. The van der Waals surface area contributed by atoms with Crippen molar-refractivity contribution in [3.8, 4) is 0 Å². The maximum atomic E-state index is 10.7. The molecule has 0 radical (unpaired) electrons. The van der Waals surface area contributed by atoms with Crippen LogP contribution in [0, 0.1) is 5.92 Å². The lowest BCUT2D eigenvalue weighted by molar-refractivity contribution is 0.0697. The van der Waals surface area contributed by atoms with Gasteiger partial charge in [0.1, 0.15) is 0 Å². The zero-order valence-electron chi connectivity index (χ0n) is 11.2. The van der Waals surface area contributed by atoms with Gasteiger partial charge in [0.05, 0.1) is 17.7 Å². The molecule has 5 heteroatoms. The van der Waals surface area contributed by atoms with Crippen LogP contribution in [0.2, 0.25) is 0 Å². The summed E-state index contributed by atoms with van der Waals surface area (Å²) in [7, 11) is 0. The molecule has 0 bridgehead atoms. The molecule has 0 spiro atoms. The zero-order valence-corrected chi connectivity index (χ0v) is 12.1. The predicted octanol–water partition coefficient (Wildman–Crippen LogP) is 2.60. The standard InChI is InChI=1S/C14H21NO3.ClH/c1-9(2)3-8-12(16)13(15)10-4-6-11(7-5-10)14(17)18;/h4-7,9,12-13,16H,3,8,15H2,1-2H3,(H,17,18);1H/t12-,13+;/m1./s1. The number of carboxylic acid groups (broad SMARTS) is 1. The number of rotatable bonds is 6. The minimum atomic E-state index is -0.963. The molecule has 0 aromatic heterocycles. The van der Waals surface area contributed by atoms with Crippen molar-refractivity contribution in [1.82, 2.24) is 0 Å². The highest BCUT2D eigenvalue weighted by atomic mass is 35.5. The summed E-state index contributed by atoms with van der Waals surface area (Å²) in [6.07, 6.45) is 0.977. The Hall–Kier alpha value is -1.10. The number of carboxylic acids is 1. The summed E-state index contributed by atoms with van der Waals surface area (Å²) in [6.45, 7) is 4.19. The van der Waals surface area contributed by atoms with Crippen LogP contribution in [-0.4, -0.2) is 22.3 Å². The van der Waals surface area contributed by atoms with Gasteiger partial charge in [0, 0.05) is 0 Å². The number of halogens is 1. The highest BCUT2D eigenvalue weighted by molar-refractivity contribution is 5.87. The molecule has 19 heavy (non-hydrogen) atoms. The number of hydrogen-bond donors (Lipinski definition) is 3. The first-order valence-corrected chi connectivity index (χ1v) is 6.18. The molecular formula is C14H22ClNO3. The molecule has 0 amide bonds. The molecule has 4 nitrogen and oxygen atoms in total. The number of aromatic carboxylic acids is 1. The molecule has 1 aromatic rings. The highest BCUT2D eigenvalue weighted by Crippen LogP contribution is 2.19. The molecule has 1 rings (SSSR count). The Bertz CT molecular complexity index is 392. The van der Waals surface area contributed by atoms with Crippen molar-refractivity contribution in [3.63, 3.8) is 0 Å². The van der Waals surface area contributed by atoms with Crippen molar-refractivity contribution in [2.45, 2.75) is 38.8 Å². The highest BCUT2D eigenvalue weighted by Gasteiger charge is 2.17. The van der Waals surface area contributed by atoms with Gasteiger partial charge < -0.3 is 15.9 Å². The molecule has 0 saturated carbocycles. The Kier molecular flexibility index (Phi) is 7.68. The zero-order chi connectivity index (χ0) is 13.7. The van der Waals surface area contributed by atoms with Gasteiger partial charge in [0.2, 0.25) is 0 Å². The fourth-order valence-corrected chi connectivity index (χ4v) is 1.75. The van der Waals surface area contributed by atoms with E-state index >= 15 is 0 Å². The molecule has 0 aliphatic carbocycles. The molecule has 0 aliphatic rings. The van der Waals surface area contributed by atoms with Gasteiger partial charge in [-0.3, -0.25) is 0 Å². The Balaban J connectivity index is 0.00000324. The summed E-state index contributed by atoms with van der Waals surface area (Å²) in [5, 5.41) is 18.7. The lowest BCUT2D eigenvalue weighted by atomic mass is 9.95. The molecule has 0 unspecified atom stereocenters. The first kappa shape index (κ1) is 17.9. The Morgan fingerprint density at radius 2 is 1.74 bits per heavy atom. The maximum Gasteiger partial charge on any atom is 0.335 e. The van der Waals surface area contributed by atoms with Crippen LogP contribution in [0.5, 0.6) is 0 Å². The van der Waals surface area contributed by atoms with Gasteiger partial charge in [-0.2, -0.15) is 0 Å². The van der Waals surface area contributed by atoms with E-state index in [0.717, 1.165) is 12.0 Å². The van der Waals surface area contributed by atoms with Gasteiger partial charge in [-0.05, 0) is 36.5 Å². The van der Waals surface area contributed by atoms with Crippen molar-refractivity contribution in [2.24, 2.45) is 11.7 Å². The summed E-state index contributed by atoms with van der Waals surface area (Å²) >= 11 is 0. The van der Waals surface area contributed by atoms with E-state index in [1.54, 1.807) is 12.1 Å². The van der Waals surface area contributed by atoms with E-state index in [2.05, 4.69) is 13.8 Å². The third-order valence-electron chi connectivity index (χ3n) is 3.00. The van der Waals surface area contributed by atoms with E-state index in [-0.39, 0.29) is 18.0 Å². The van der Waals surface area contributed by atoms with Crippen molar-refractivity contribution < 1.29 is 15.0 Å². The van der Waals surface area contributed by atoms with Gasteiger partial charge in [-0.15, -0.1) is 12.4 Å². The molecule has 0 fully saturated rings. The lowest BCUT2D eigenvalue weighted by Crippen LogP contribution is -2.26. The molecular weight excluding hydrogens is 266 g/mol. The van der Waals surface area contributed by atoms with Gasteiger partial charge >= 0.3 is 5.97 Å². The van der Waals surface area contributed by atoms with Crippen LogP contribution in [-0.2, 0) is 0 Å². The van der Waals surface area contributed by atoms with E-state index in [0.29, 0.717) is 12.3 Å². The molecule has 4 N–H and O–H groups in total. The summed E-state index contributed by atoms with van der Waals surface area (Å²) in [5.74, 6) is -0.434. The molecule has 108 valence electrons. The molecule has 0 aliphatic heterocycles. The maximum absolute atomic E-state index is 10.7. The van der Waals surface area contributed by atoms with E-state index in [1.807, 2.05) is 0 Å². The Labute approximate surface area is 120 Å². The number of carbonyl (C=O) groups is 1. The Morgan fingerprint density at radius 3 is 2.16 bits per heavy atom. The molecule has 1 aromatic carbocycles. The van der Waals surface area contributed by atoms with E-state index in [4.69, 9.17) is 10.8 Å². The third-order valence-corrected chi connectivity index (χ3v) is 3.00.